The summed E-state index contributed by atoms with van der Waals surface area (Å²) in [4.78, 5) is 17.6. The first kappa shape index (κ1) is 18.3. The molecule has 4 heterocycles. The van der Waals surface area contributed by atoms with Crippen LogP contribution in [0.25, 0.3) is 11.5 Å². The Morgan fingerprint density at radius 3 is 2.89 bits per heavy atom. The van der Waals surface area contributed by atoms with Gasteiger partial charge in [-0.2, -0.15) is 5.10 Å². The molecule has 2 fully saturated rings. The SMILES string of the molecule is Cc1ccc(-c2cc(C(=O)N3CCCCC3CCN3CCOCC3)n[nH]2)o1. The number of rotatable bonds is 5. The van der Waals surface area contributed by atoms with Crippen molar-refractivity contribution in [3.05, 3.63) is 29.7 Å². The highest BCUT2D eigenvalue weighted by Gasteiger charge is 2.29. The number of ether oxygens (including phenoxy) is 1. The number of piperidine rings is 1. The highest BCUT2D eigenvalue weighted by molar-refractivity contribution is 5.93. The monoisotopic (exact) mass is 372 g/mol. The van der Waals surface area contributed by atoms with Gasteiger partial charge in [-0.25, -0.2) is 0 Å². The smallest absolute Gasteiger partial charge is 0.274 e. The summed E-state index contributed by atoms with van der Waals surface area (Å²) in [5, 5.41) is 7.20. The van der Waals surface area contributed by atoms with E-state index >= 15 is 0 Å². The number of nitrogens with zero attached hydrogens (tertiary/aromatic N) is 3. The average Bonchev–Trinajstić information content (AvgIpc) is 3.36. The Bertz CT molecular complexity index is 763. The third-order valence-electron chi connectivity index (χ3n) is 5.57. The van der Waals surface area contributed by atoms with Crippen LogP contribution in [0.15, 0.2) is 22.6 Å². The Morgan fingerprint density at radius 2 is 2.11 bits per heavy atom. The van der Waals surface area contributed by atoms with Crippen molar-refractivity contribution in [3.8, 4) is 11.5 Å². The van der Waals surface area contributed by atoms with Crippen molar-refractivity contribution in [2.75, 3.05) is 39.4 Å². The number of amides is 1. The fourth-order valence-electron chi connectivity index (χ4n) is 4.01. The molecule has 2 aromatic rings. The van der Waals surface area contributed by atoms with Crippen LogP contribution in [-0.2, 0) is 4.74 Å². The maximum atomic E-state index is 13.1. The minimum absolute atomic E-state index is 0.0208. The topological polar surface area (TPSA) is 74.6 Å². The van der Waals surface area contributed by atoms with E-state index < -0.39 is 0 Å². The van der Waals surface area contributed by atoms with Crippen LogP contribution in [0.2, 0.25) is 0 Å². The summed E-state index contributed by atoms with van der Waals surface area (Å²) in [6, 6.07) is 5.89. The molecule has 2 saturated heterocycles. The van der Waals surface area contributed by atoms with E-state index in [1.165, 1.54) is 6.42 Å². The average molecular weight is 372 g/mol. The number of hydrogen-bond acceptors (Lipinski definition) is 5. The van der Waals surface area contributed by atoms with Gasteiger partial charge in [0.05, 0.1) is 13.2 Å². The van der Waals surface area contributed by atoms with Gasteiger partial charge in [0.1, 0.15) is 11.5 Å². The number of nitrogens with one attached hydrogen (secondary N) is 1. The molecule has 1 atom stereocenters. The van der Waals surface area contributed by atoms with Crippen LogP contribution in [0, 0.1) is 6.92 Å². The second-order valence-corrected chi connectivity index (χ2v) is 7.47. The number of hydrogen-bond donors (Lipinski definition) is 1. The maximum Gasteiger partial charge on any atom is 0.274 e. The summed E-state index contributed by atoms with van der Waals surface area (Å²) >= 11 is 0. The van der Waals surface area contributed by atoms with Gasteiger partial charge in [0.2, 0.25) is 0 Å². The molecule has 0 radical (unpaired) electrons. The molecule has 0 aliphatic carbocycles. The van der Waals surface area contributed by atoms with Gasteiger partial charge in [-0.1, -0.05) is 0 Å². The summed E-state index contributed by atoms with van der Waals surface area (Å²) in [6.45, 7) is 7.35. The lowest BCUT2D eigenvalue weighted by Gasteiger charge is -2.37. The number of furan rings is 1. The standard InChI is InChI=1S/C20H28N4O3/c1-15-5-6-19(27-15)17-14-18(22-21-17)20(25)24-8-3-2-4-16(24)7-9-23-10-12-26-13-11-23/h5-6,14,16H,2-4,7-13H2,1H3,(H,21,22). The third-order valence-corrected chi connectivity index (χ3v) is 5.57. The summed E-state index contributed by atoms with van der Waals surface area (Å²) in [5.74, 6) is 1.57. The van der Waals surface area contributed by atoms with E-state index in [-0.39, 0.29) is 5.91 Å². The molecule has 1 unspecified atom stereocenters. The molecule has 7 heteroatoms. The molecule has 0 spiro atoms. The van der Waals surface area contributed by atoms with Crippen LogP contribution >= 0.6 is 0 Å². The number of likely N-dealkylation sites (tertiary alicyclic amines) is 1. The summed E-state index contributed by atoms with van der Waals surface area (Å²) < 4.78 is 11.0. The first-order valence-electron chi connectivity index (χ1n) is 9.94. The summed E-state index contributed by atoms with van der Waals surface area (Å²) in [5.41, 5.74) is 1.21. The van der Waals surface area contributed by atoms with E-state index in [1.807, 2.05) is 24.0 Å². The van der Waals surface area contributed by atoms with E-state index in [1.54, 1.807) is 6.07 Å². The number of H-pyrrole nitrogens is 1. The largest absolute Gasteiger partial charge is 0.460 e. The van der Waals surface area contributed by atoms with E-state index in [0.717, 1.165) is 70.1 Å². The van der Waals surface area contributed by atoms with Gasteiger partial charge in [0.25, 0.3) is 5.91 Å². The number of aromatic amines is 1. The number of carbonyl (C=O) groups is 1. The van der Waals surface area contributed by atoms with Crippen LogP contribution in [0.3, 0.4) is 0 Å². The zero-order valence-electron chi connectivity index (χ0n) is 15.9. The zero-order valence-corrected chi connectivity index (χ0v) is 15.9. The lowest BCUT2D eigenvalue weighted by molar-refractivity contribution is 0.0295. The fourth-order valence-corrected chi connectivity index (χ4v) is 4.01. The molecule has 0 saturated carbocycles. The molecule has 4 rings (SSSR count). The van der Waals surface area contributed by atoms with E-state index in [4.69, 9.17) is 9.15 Å². The van der Waals surface area contributed by atoms with Crippen LogP contribution in [-0.4, -0.2) is 71.3 Å². The number of aromatic nitrogens is 2. The quantitative estimate of drug-likeness (QED) is 0.873. The van der Waals surface area contributed by atoms with E-state index in [2.05, 4.69) is 15.1 Å². The second kappa shape index (κ2) is 8.27. The van der Waals surface area contributed by atoms with Gasteiger partial charge in [-0.3, -0.25) is 14.8 Å². The van der Waals surface area contributed by atoms with Gasteiger partial charge >= 0.3 is 0 Å². The second-order valence-electron chi connectivity index (χ2n) is 7.47. The Labute approximate surface area is 159 Å². The summed E-state index contributed by atoms with van der Waals surface area (Å²) in [7, 11) is 0. The minimum Gasteiger partial charge on any atom is -0.460 e. The summed E-state index contributed by atoms with van der Waals surface area (Å²) in [6.07, 6.45) is 4.34. The van der Waals surface area contributed by atoms with E-state index in [0.29, 0.717) is 17.5 Å². The first-order chi connectivity index (χ1) is 13.2. The molecular formula is C20H28N4O3. The first-order valence-corrected chi connectivity index (χ1v) is 9.94. The van der Waals surface area contributed by atoms with Crippen LogP contribution in [0.1, 0.15) is 41.9 Å². The number of aryl methyl sites for hydroxylation is 1. The van der Waals surface area contributed by atoms with Crippen molar-refractivity contribution < 1.29 is 13.9 Å². The molecule has 2 aromatic heterocycles. The van der Waals surface area contributed by atoms with Crippen molar-refractivity contribution in [1.82, 2.24) is 20.0 Å². The number of carbonyl (C=O) groups excluding carboxylic acids is 1. The lowest BCUT2D eigenvalue weighted by atomic mass is 9.98. The highest BCUT2D eigenvalue weighted by atomic mass is 16.5. The predicted octanol–water partition coefficient (Wildman–Crippen LogP) is 2.70. The van der Waals surface area contributed by atoms with Crippen molar-refractivity contribution in [2.45, 2.75) is 38.6 Å². The number of morpholine rings is 1. The third kappa shape index (κ3) is 4.25. The molecule has 2 aliphatic rings. The Hall–Kier alpha value is -2.12. The Balaban J connectivity index is 1.41. The molecule has 0 bridgehead atoms. The van der Waals surface area contributed by atoms with Crippen molar-refractivity contribution in [3.63, 3.8) is 0 Å². The molecule has 1 amide bonds. The Kier molecular flexibility index (Phi) is 5.59. The van der Waals surface area contributed by atoms with Crippen LogP contribution in [0.5, 0.6) is 0 Å². The van der Waals surface area contributed by atoms with E-state index in [9.17, 15) is 4.79 Å². The molecule has 0 aromatic carbocycles. The Morgan fingerprint density at radius 1 is 1.26 bits per heavy atom. The van der Waals surface area contributed by atoms with Crippen molar-refractivity contribution in [1.29, 1.82) is 0 Å². The van der Waals surface area contributed by atoms with Gasteiger partial charge in [0, 0.05) is 38.3 Å². The highest BCUT2D eigenvalue weighted by Crippen LogP contribution is 2.25. The lowest BCUT2D eigenvalue weighted by Crippen LogP contribution is -2.46. The molecule has 27 heavy (non-hydrogen) atoms. The van der Waals surface area contributed by atoms with Gasteiger partial charge in [0.15, 0.2) is 11.5 Å². The zero-order chi connectivity index (χ0) is 18.6. The molecule has 146 valence electrons. The maximum absolute atomic E-state index is 13.1. The van der Waals surface area contributed by atoms with Gasteiger partial charge < -0.3 is 14.1 Å². The van der Waals surface area contributed by atoms with Crippen molar-refractivity contribution >= 4 is 5.91 Å². The van der Waals surface area contributed by atoms with Crippen molar-refractivity contribution in [2.24, 2.45) is 0 Å². The normalized spacial score (nSPS) is 21.5. The molecule has 1 N–H and O–H groups in total. The van der Waals surface area contributed by atoms with Gasteiger partial charge in [-0.15, -0.1) is 0 Å². The molecule has 2 aliphatic heterocycles. The predicted molar refractivity (Wildman–Crippen MR) is 102 cm³/mol. The molecular weight excluding hydrogens is 344 g/mol. The minimum atomic E-state index is 0.0208. The van der Waals surface area contributed by atoms with Gasteiger partial charge in [-0.05, 0) is 44.7 Å². The van der Waals surface area contributed by atoms with Crippen LogP contribution < -0.4 is 0 Å². The van der Waals surface area contributed by atoms with Crippen LogP contribution in [0.4, 0.5) is 0 Å². The fraction of sp³-hybridized carbons (Fsp3) is 0.600. The molecule has 7 nitrogen and oxygen atoms in total.